The van der Waals surface area contributed by atoms with E-state index in [1.54, 1.807) is 0 Å². The van der Waals surface area contributed by atoms with Crippen LogP contribution in [0.2, 0.25) is 5.02 Å². The number of alkyl halides is 3. The fourth-order valence-electron chi connectivity index (χ4n) is 3.69. The number of aromatic nitrogens is 1. The third-order valence-electron chi connectivity index (χ3n) is 5.02. The summed E-state index contributed by atoms with van der Waals surface area (Å²) in [4.78, 5) is 25.4. The number of rotatable bonds is 1. The third-order valence-corrected chi connectivity index (χ3v) is 5.25. The normalized spacial score (nSPS) is 16.4. The number of nitrogens with zero attached hydrogens (tertiary/aromatic N) is 1. The molecule has 4 rings (SSSR count). The van der Waals surface area contributed by atoms with Crippen molar-refractivity contribution in [2.24, 2.45) is 0 Å². The number of halogens is 4. The summed E-state index contributed by atoms with van der Waals surface area (Å²) >= 11 is 5.89. The van der Waals surface area contributed by atoms with E-state index >= 15 is 0 Å². The van der Waals surface area contributed by atoms with Gasteiger partial charge in [0.1, 0.15) is 0 Å². The molecule has 1 heterocycles. The van der Waals surface area contributed by atoms with Crippen molar-refractivity contribution in [2.75, 3.05) is 0 Å². The zero-order valence-electron chi connectivity index (χ0n) is 15.2. The van der Waals surface area contributed by atoms with Crippen LogP contribution in [-0.2, 0) is 12.6 Å². The summed E-state index contributed by atoms with van der Waals surface area (Å²) < 4.78 is 39.5. The van der Waals surface area contributed by atoms with Crippen LogP contribution in [0.5, 0.6) is 0 Å². The van der Waals surface area contributed by atoms with E-state index < -0.39 is 28.9 Å². The Balaban J connectivity index is 0.00000240. The predicted octanol–water partition coefficient (Wildman–Crippen LogP) is 1.94. The van der Waals surface area contributed by atoms with Crippen LogP contribution < -0.4 is 35.0 Å². The molecule has 0 aliphatic heterocycles. The molecule has 0 N–H and O–H groups in total. The zero-order valence-corrected chi connectivity index (χ0v) is 18.0. The molecule has 0 spiro atoms. The van der Waals surface area contributed by atoms with Crippen molar-refractivity contribution >= 4 is 28.3 Å². The first-order chi connectivity index (χ1) is 13.2. The van der Waals surface area contributed by atoms with E-state index in [-0.39, 0.29) is 69.6 Å². The molecule has 0 fully saturated rings. The number of hydrogen-bond donors (Lipinski definition) is 0. The minimum absolute atomic E-state index is 0. The summed E-state index contributed by atoms with van der Waals surface area (Å²) in [6.07, 6.45) is -4.65. The molecule has 144 valence electrons. The van der Waals surface area contributed by atoms with Crippen LogP contribution >= 0.6 is 11.6 Å². The third kappa shape index (κ3) is 3.84. The number of fused-ring (bicyclic) bond motifs is 2. The molecule has 1 aliphatic carbocycles. The average Bonchev–Trinajstić information content (AvgIpc) is 2.65. The van der Waals surface area contributed by atoms with Gasteiger partial charge in [-0.05, 0) is 42.2 Å². The second-order valence-corrected chi connectivity index (χ2v) is 7.19. The molecule has 2 aromatic carbocycles. The molecular formula is C20H12ClF3NNaO3. The van der Waals surface area contributed by atoms with Gasteiger partial charge in [0, 0.05) is 28.0 Å². The molecule has 1 aromatic heterocycles. The van der Waals surface area contributed by atoms with Crippen molar-refractivity contribution < 1.29 is 47.5 Å². The fourth-order valence-corrected chi connectivity index (χ4v) is 3.86. The summed E-state index contributed by atoms with van der Waals surface area (Å²) in [6, 6.07) is 8.88. The molecule has 1 aliphatic rings. The topological polar surface area (TPSA) is 62.1 Å². The molecule has 9 heteroatoms. The van der Waals surface area contributed by atoms with Crippen LogP contribution in [-0.4, -0.2) is 10.5 Å². The van der Waals surface area contributed by atoms with E-state index in [0.29, 0.717) is 10.3 Å². The van der Waals surface area contributed by atoms with Gasteiger partial charge >= 0.3 is 35.7 Å². The molecule has 3 aromatic rings. The van der Waals surface area contributed by atoms with Crippen molar-refractivity contribution in [1.29, 1.82) is 0 Å². The first kappa shape index (κ1) is 21.9. The van der Waals surface area contributed by atoms with E-state index in [1.165, 1.54) is 30.3 Å². The van der Waals surface area contributed by atoms with Gasteiger partial charge in [0.05, 0.1) is 11.1 Å². The second kappa shape index (κ2) is 7.80. The minimum Gasteiger partial charge on any atom is -0.805 e. The maximum atomic E-state index is 13.0. The first-order valence-corrected chi connectivity index (χ1v) is 8.79. The van der Waals surface area contributed by atoms with Crippen molar-refractivity contribution in [2.45, 2.75) is 24.9 Å². The first-order valence-electron chi connectivity index (χ1n) is 8.42. The Morgan fingerprint density at radius 1 is 1.07 bits per heavy atom. The Bertz CT molecular complexity index is 1190. The molecule has 0 radical (unpaired) electrons. The number of hydrogen-bond acceptors (Lipinski definition) is 3. The smallest absolute Gasteiger partial charge is 0.805 e. The van der Waals surface area contributed by atoms with Crippen LogP contribution in [0.15, 0.2) is 47.3 Å². The van der Waals surface area contributed by atoms with Crippen molar-refractivity contribution in [1.82, 2.24) is 4.73 Å². The number of carbonyl (C=O) groups excluding carboxylic acids is 1. The van der Waals surface area contributed by atoms with Crippen LogP contribution in [0.3, 0.4) is 0 Å². The van der Waals surface area contributed by atoms with E-state index in [2.05, 4.69) is 0 Å². The summed E-state index contributed by atoms with van der Waals surface area (Å²) in [6.45, 7) is 0. The summed E-state index contributed by atoms with van der Waals surface area (Å²) in [7, 11) is 0. The maximum absolute atomic E-state index is 13.0. The van der Waals surface area contributed by atoms with Gasteiger partial charge < -0.3 is 9.94 Å². The van der Waals surface area contributed by atoms with Gasteiger partial charge in [0.2, 0.25) is 5.43 Å². The molecule has 1 unspecified atom stereocenters. The van der Waals surface area contributed by atoms with E-state index in [0.717, 1.165) is 12.1 Å². The summed E-state index contributed by atoms with van der Waals surface area (Å²) in [5.74, 6) is -1.17. The zero-order chi connectivity index (χ0) is 20.2. The van der Waals surface area contributed by atoms with Crippen LogP contribution in [0.1, 0.15) is 39.5 Å². The van der Waals surface area contributed by atoms with Gasteiger partial charge in [-0.1, -0.05) is 29.8 Å². The van der Waals surface area contributed by atoms with E-state index in [1.807, 2.05) is 0 Å². The molecule has 0 amide bonds. The molecule has 29 heavy (non-hydrogen) atoms. The van der Waals surface area contributed by atoms with Gasteiger partial charge in [-0.2, -0.15) is 13.2 Å². The molecule has 0 bridgehead atoms. The summed E-state index contributed by atoms with van der Waals surface area (Å²) in [5.41, 5.74) is -1.24. The van der Waals surface area contributed by atoms with Crippen molar-refractivity contribution in [3.05, 3.63) is 85.3 Å². The molecule has 0 saturated carbocycles. The molecule has 0 saturated heterocycles. The number of benzene rings is 2. The number of pyridine rings is 1. The number of ketones is 1. The fraction of sp³-hybridized carbons (Fsp3) is 0.200. The molecule has 4 nitrogen and oxygen atoms in total. The largest absolute Gasteiger partial charge is 1.00 e. The van der Waals surface area contributed by atoms with Crippen molar-refractivity contribution in [3.8, 4) is 0 Å². The van der Waals surface area contributed by atoms with Gasteiger partial charge in [-0.15, -0.1) is 0 Å². The maximum Gasteiger partial charge on any atom is 1.00 e. The summed E-state index contributed by atoms with van der Waals surface area (Å²) in [5, 5.41) is 13.1. The minimum atomic E-state index is -4.51. The Morgan fingerprint density at radius 2 is 1.79 bits per heavy atom. The Morgan fingerprint density at radius 3 is 2.48 bits per heavy atom. The molecule has 1 atom stereocenters. The Hall–Kier alpha value is -1.80. The van der Waals surface area contributed by atoms with Crippen LogP contribution in [0, 0.1) is 5.21 Å². The van der Waals surface area contributed by atoms with Crippen molar-refractivity contribution in [3.63, 3.8) is 0 Å². The number of Topliss-reactive ketones (excluding diaryl/α,β-unsaturated/α-hetero) is 1. The van der Waals surface area contributed by atoms with Gasteiger partial charge in [0.15, 0.2) is 5.78 Å². The SMILES string of the molecule is O=C1CC(c2cccc(C(F)(F)F)c2)Cc2c1c(=O)c1cc(Cl)ccc1n2[O-].[Na+]. The quantitative estimate of drug-likeness (QED) is 0.555. The average molecular weight is 430 g/mol. The molecular weight excluding hydrogens is 418 g/mol. The standard InChI is InChI=1S/C20H12ClF3NO3.Na/c21-13-4-5-15-14(9-13)19(27)18-16(25(15)28)7-11(8-17(18)26)10-2-1-3-12(6-10)20(22,23)24;/h1-6,9,11H,7-8H2;/q-1;+1. The predicted molar refractivity (Wildman–Crippen MR) is 98.8 cm³/mol. The van der Waals surface area contributed by atoms with Gasteiger partial charge in [0.25, 0.3) is 0 Å². The Kier molecular flexibility index (Phi) is 5.89. The van der Waals surface area contributed by atoms with Crippen LogP contribution in [0.25, 0.3) is 10.9 Å². The van der Waals surface area contributed by atoms with E-state index in [4.69, 9.17) is 11.6 Å². The Labute approximate surface area is 190 Å². The van der Waals surface area contributed by atoms with Crippen LogP contribution in [0.4, 0.5) is 13.2 Å². The number of carbonyl (C=O) groups is 1. The van der Waals surface area contributed by atoms with Gasteiger partial charge in [-0.25, -0.2) is 0 Å². The second-order valence-electron chi connectivity index (χ2n) is 6.76. The van der Waals surface area contributed by atoms with Gasteiger partial charge in [-0.3, -0.25) is 9.59 Å². The monoisotopic (exact) mass is 429 g/mol. The van der Waals surface area contributed by atoms with E-state index in [9.17, 15) is 28.0 Å².